The number of hydrogen-bond donors (Lipinski definition) is 1. The van der Waals surface area contributed by atoms with Gasteiger partial charge in [0.1, 0.15) is 6.54 Å². The number of hydrogen-bond acceptors (Lipinski definition) is 6. The number of nitrogens with one attached hydrogen (secondary N) is 1. The Hall–Kier alpha value is -2.49. The summed E-state index contributed by atoms with van der Waals surface area (Å²) in [6, 6.07) is 9.98. The molecule has 1 aliphatic rings. The Balaban J connectivity index is 1.75. The minimum atomic E-state index is -0.537. The number of rotatable bonds is 7. The second-order valence-corrected chi connectivity index (χ2v) is 8.57. The number of imide groups is 1. The van der Waals surface area contributed by atoms with Crippen molar-refractivity contribution < 1.29 is 23.9 Å². The Bertz CT molecular complexity index is 1060. The molecule has 0 radical (unpaired) electrons. The first-order valence-electron chi connectivity index (χ1n) is 9.13. The monoisotopic (exact) mass is 524 g/mol. The van der Waals surface area contributed by atoms with Crippen molar-refractivity contribution in [2.75, 3.05) is 25.6 Å². The predicted molar refractivity (Wildman–Crippen MR) is 125 cm³/mol. The summed E-state index contributed by atoms with van der Waals surface area (Å²) in [5.41, 5.74) is 1.16. The van der Waals surface area contributed by atoms with Crippen molar-refractivity contribution in [2.24, 2.45) is 0 Å². The molecular formula is C21H18BrClN2O5S. The van der Waals surface area contributed by atoms with E-state index in [0.717, 1.165) is 16.7 Å². The minimum Gasteiger partial charge on any atom is -0.493 e. The third-order valence-corrected chi connectivity index (χ3v) is 5.89. The number of anilines is 1. The number of ether oxygens (including phenoxy) is 2. The predicted octanol–water partition coefficient (Wildman–Crippen LogP) is 5.18. The Morgan fingerprint density at radius 3 is 2.61 bits per heavy atom. The van der Waals surface area contributed by atoms with Crippen LogP contribution in [-0.4, -0.2) is 42.2 Å². The van der Waals surface area contributed by atoms with Gasteiger partial charge >= 0.3 is 0 Å². The average Bonchev–Trinajstić information content (AvgIpc) is 2.98. The molecule has 10 heteroatoms. The second-order valence-electron chi connectivity index (χ2n) is 6.29. The van der Waals surface area contributed by atoms with E-state index in [1.54, 1.807) is 42.5 Å². The van der Waals surface area contributed by atoms with Crippen molar-refractivity contribution in [1.82, 2.24) is 4.90 Å². The van der Waals surface area contributed by atoms with Gasteiger partial charge in [-0.3, -0.25) is 19.3 Å². The van der Waals surface area contributed by atoms with Gasteiger partial charge in [-0.1, -0.05) is 11.6 Å². The minimum absolute atomic E-state index is 0.211. The molecule has 0 aromatic heterocycles. The first-order valence-corrected chi connectivity index (χ1v) is 11.1. The van der Waals surface area contributed by atoms with Gasteiger partial charge in [0.2, 0.25) is 5.91 Å². The van der Waals surface area contributed by atoms with Crippen LogP contribution >= 0.6 is 39.3 Å². The highest BCUT2D eigenvalue weighted by atomic mass is 79.9. The summed E-state index contributed by atoms with van der Waals surface area (Å²) in [6.07, 6.45) is 1.57. The first-order chi connectivity index (χ1) is 14.8. The largest absolute Gasteiger partial charge is 0.493 e. The molecule has 162 valence electrons. The van der Waals surface area contributed by atoms with Crippen LogP contribution in [0.2, 0.25) is 5.02 Å². The van der Waals surface area contributed by atoms with Crippen molar-refractivity contribution in [3.63, 3.8) is 0 Å². The van der Waals surface area contributed by atoms with E-state index in [1.165, 1.54) is 7.11 Å². The van der Waals surface area contributed by atoms with Crippen LogP contribution in [0.1, 0.15) is 12.5 Å². The number of benzene rings is 2. The summed E-state index contributed by atoms with van der Waals surface area (Å²) < 4.78 is 11.6. The lowest BCUT2D eigenvalue weighted by molar-refractivity contribution is -0.127. The maximum atomic E-state index is 12.7. The lowest BCUT2D eigenvalue weighted by Gasteiger charge is -2.13. The zero-order chi connectivity index (χ0) is 22.5. The van der Waals surface area contributed by atoms with Gasteiger partial charge in [-0.2, -0.15) is 0 Å². The number of thioether (sulfide) groups is 1. The van der Waals surface area contributed by atoms with Crippen LogP contribution in [0.3, 0.4) is 0 Å². The van der Waals surface area contributed by atoms with Crippen molar-refractivity contribution >= 4 is 68.1 Å². The second kappa shape index (κ2) is 10.2. The third-order valence-electron chi connectivity index (χ3n) is 4.14. The van der Waals surface area contributed by atoms with Gasteiger partial charge in [-0.25, -0.2) is 0 Å². The summed E-state index contributed by atoms with van der Waals surface area (Å²) in [5.74, 6) is 0.0137. The highest BCUT2D eigenvalue weighted by Gasteiger charge is 2.36. The van der Waals surface area contributed by atoms with E-state index >= 15 is 0 Å². The van der Waals surface area contributed by atoms with Crippen molar-refractivity contribution in [3.05, 3.63) is 56.4 Å². The number of carbonyl (C=O) groups excluding carboxylic acids is 3. The van der Waals surface area contributed by atoms with Gasteiger partial charge in [-0.15, -0.1) is 0 Å². The molecule has 0 spiro atoms. The fourth-order valence-corrected chi connectivity index (χ4v) is 4.31. The quantitative estimate of drug-likeness (QED) is 0.501. The zero-order valence-electron chi connectivity index (χ0n) is 16.6. The van der Waals surface area contributed by atoms with E-state index in [9.17, 15) is 14.4 Å². The topological polar surface area (TPSA) is 84.9 Å². The molecule has 3 amide bonds. The fraction of sp³-hybridized carbons (Fsp3) is 0.190. The summed E-state index contributed by atoms with van der Waals surface area (Å²) in [7, 11) is 1.52. The van der Waals surface area contributed by atoms with Crippen LogP contribution in [0, 0.1) is 0 Å². The van der Waals surface area contributed by atoms with E-state index < -0.39 is 17.1 Å². The number of amides is 3. The third kappa shape index (κ3) is 5.61. The Morgan fingerprint density at radius 2 is 1.97 bits per heavy atom. The molecule has 31 heavy (non-hydrogen) atoms. The average molecular weight is 526 g/mol. The Kier molecular flexibility index (Phi) is 7.64. The van der Waals surface area contributed by atoms with E-state index in [0.29, 0.717) is 38.9 Å². The van der Waals surface area contributed by atoms with Gasteiger partial charge < -0.3 is 14.8 Å². The molecule has 1 saturated heterocycles. The highest BCUT2D eigenvalue weighted by Crippen LogP contribution is 2.39. The summed E-state index contributed by atoms with van der Waals surface area (Å²) in [6.45, 7) is 1.94. The lowest BCUT2D eigenvalue weighted by Crippen LogP contribution is -2.36. The van der Waals surface area contributed by atoms with Gasteiger partial charge in [0.25, 0.3) is 11.1 Å². The fourth-order valence-electron chi connectivity index (χ4n) is 2.77. The number of nitrogens with zero attached hydrogens (tertiary/aromatic N) is 1. The molecule has 3 rings (SSSR count). The molecule has 0 atom stereocenters. The van der Waals surface area contributed by atoms with Crippen LogP contribution in [0.25, 0.3) is 6.08 Å². The van der Waals surface area contributed by atoms with E-state index in [2.05, 4.69) is 21.2 Å². The molecule has 1 aliphatic heterocycles. The zero-order valence-corrected chi connectivity index (χ0v) is 19.8. The van der Waals surface area contributed by atoms with Crippen LogP contribution in [-0.2, 0) is 9.59 Å². The maximum absolute atomic E-state index is 12.7. The molecule has 1 fully saturated rings. The van der Waals surface area contributed by atoms with E-state index in [-0.39, 0.29) is 11.4 Å². The van der Waals surface area contributed by atoms with Crippen molar-refractivity contribution in [2.45, 2.75) is 6.92 Å². The molecule has 1 heterocycles. The van der Waals surface area contributed by atoms with Gasteiger partial charge in [0.05, 0.1) is 23.1 Å². The van der Waals surface area contributed by atoms with Gasteiger partial charge in [0, 0.05) is 10.7 Å². The number of methoxy groups -OCH3 is 1. The molecule has 0 bridgehead atoms. The maximum Gasteiger partial charge on any atom is 0.294 e. The van der Waals surface area contributed by atoms with Crippen LogP contribution in [0.4, 0.5) is 10.5 Å². The summed E-state index contributed by atoms with van der Waals surface area (Å²) >= 11 is 10.0. The molecule has 0 saturated carbocycles. The Labute approximate surface area is 196 Å². The van der Waals surface area contributed by atoms with E-state index in [4.69, 9.17) is 21.1 Å². The summed E-state index contributed by atoms with van der Waals surface area (Å²) in [4.78, 5) is 38.4. The SMILES string of the molecule is CCOc1c(Br)cc(/C=C2/SC(=O)N(CC(=O)Nc3ccc(Cl)cc3)C2=O)cc1OC. The van der Waals surface area contributed by atoms with Crippen molar-refractivity contribution in [3.8, 4) is 11.5 Å². The van der Waals surface area contributed by atoms with Gasteiger partial charge in [-0.05, 0) is 82.7 Å². The van der Waals surface area contributed by atoms with E-state index in [1.807, 2.05) is 6.92 Å². The molecule has 0 aliphatic carbocycles. The van der Waals surface area contributed by atoms with Gasteiger partial charge in [0.15, 0.2) is 11.5 Å². The highest BCUT2D eigenvalue weighted by molar-refractivity contribution is 9.10. The Morgan fingerprint density at radius 1 is 1.26 bits per heavy atom. The molecule has 0 unspecified atom stereocenters. The van der Waals surface area contributed by atoms with Crippen LogP contribution in [0.5, 0.6) is 11.5 Å². The normalized spacial score (nSPS) is 14.8. The van der Waals surface area contributed by atoms with Crippen LogP contribution < -0.4 is 14.8 Å². The molecule has 7 nitrogen and oxygen atoms in total. The smallest absolute Gasteiger partial charge is 0.294 e. The van der Waals surface area contributed by atoms with Crippen molar-refractivity contribution in [1.29, 1.82) is 0 Å². The summed E-state index contributed by atoms with van der Waals surface area (Å²) in [5, 5.41) is 2.65. The molecule has 1 N–H and O–H groups in total. The molecule has 2 aromatic carbocycles. The molecular weight excluding hydrogens is 508 g/mol. The molecule has 2 aromatic rings. The first kappa shape index (κ1) is 23.2. The number of carbonyl (C=O) groups is 3. The standard InChI is InChI=1S/C21H18BrClN2O5S/c1-3-30-19-15(22)8-12(9-16(19)29-2)10-17-20(27)25(21(28)31-17)11-18(26)24-14-6-4-13(23)5-7-14/h4-10H,3,11H2,1-2H3,(H,24,26)/b17-10+. The lowest BCUT2D eigenvalue weighted by atomic mass is 10.2. The van der Waals surface area contributed by atoms with Crippen LogP contribution in [0.15, 0.2) is 45.8 Å². The number of halogens is 2.